The molecule has 0 aliphatic rings. The molecule has 4 nitrogen and oxygen atoms in total. The molecule has 0 aliphatic heterocycles. The van der Waals surface area contributed by atoms with Crippen LogP contribution in [-0.4, -0.2) is 31.1 Å². The van der Waals surface area contributed by atoms with Crippen LogP contribution in [0.2, 0.25) is 0 Å². The number of methoxy groups -OCH3 is 1. The topological polar surface area (TPSA) is 32.8 Å². The van der Waals surface area contributed by atoms with Gasteiger partial charge in [-0.1, -0.05) is 12.2 Å². The molecule has 0 N–H and O–H groups in total. The molecule has 0 saturated heterocycles. The highest BCUT2D eigenvalue weighted by Crippen LogP contribution is 2.21. The lowest BCUT2D eigenvalue weighted by Gasteiger charge is -2.32. The molecular weight excluding hydrogens is 240 g/mol. The van der Waals surface area contributed by atoms with Gasteiger partial charge in [-0.25, -0.2) is 10.0 Å². The summed E-state index contributed by atoms with van der Waals surface area (Å²) in [6.07, 6.45) is 3.51. The molecule has 1 aromatic carbocycles. The quantitative estimate of drug-likeness (QED) is 0.558. The molecule has 0 radical (unpaired) electrons. The largest absolute Gasteiger partial charge is 0.497 e. The Kier molecular flexibility index (Phi) is 5.82. The number of carbonyl (C=O) groups excluding carboxylic acids is 1. The van der Waals surface area contributed by atoms with Gasteiger partial charge in [-0.05, 0) is 24.3 Å². The molecule has 19 heavy (non-hydrogen) atoms. The minimum atomic E-state index is -0.0612. The van der Waals surface area contributed by atoms with Crippen LogP contribution in [0.25, 0.3) is 0 Å². The fourth-order valence-electron chi connectivity index (χ4n) is 1.80. The summed E-state index contributed by atoms with van der Waals surface area (Å²) < 4.78 is 5.12. The molecule has 0 saturated carbocycles. The van der Waals surface area contributed by atoms with Crippen LogP contribution in [0.15, 0.2) is 49.6 Å². The molecule has 0 unspecified atom stereocenters. The lowest BCUT2D eigenvalue weighted by Crippen LogP contribution is -2.46. The van der Waals surface area contributed by atoms with Gasteiger partial charge in [0.15, 0.2) is 0 Å². The number of ether oxygens (including phenoxy) is 1. The summed E-state index contributed by atoms with van der Waals surface area (Å²) in [6, 6.07) is 7.34. The predicted octanol–water partition coefficient (Wildman–Crippen LogP) is 2.64. The van der Waals surface area contributed by atoms with E-state index < -0.39 is 0 Å². The molecule has 1 rings (SSSR count). The monoisotopic (exact) mass is 260 g/mol. The minimum absolute atomic E-state index is 0.0612. The molecule has 0 aromatic heterocycles. The Morgan fingerprint density at radius 2 is 1.74 bits per heavy atom. The van der Waals surface area contributed by atoms with Gasteiger partial charge in [-0.3, -0.25) is 4.79 Å². The first kappa shape index (κ1) is 15.0. The summed E-state index contributed by atoms with van der Waals surface area (Å²) in [5.41, 5.74) is 0.789. The molecule has 4 heteroatoms. The SMILES string of the molecule is C=CCN(CC=C)N(C(C)=O)c1ccc(OC)cc1. The van der Waals surface area contributed by atoms with E-state index in [2.05, 4.69) is 13.2 Å². The highest BCUT2D eigenvalue weighted by molar-refractivity contribution is 5.90. The van der Waals surface area contributed by atoms with Crippen LogP contribution in [0, 0.1) is 0 Å². The third-order valence-electron chi connectivity index (χ3n) is 2.58. The third-order valence-corrected chi connectivity index (χ3v) is 2.58. The van der Waals surface area contributed by atoms with Crippen molar-refractivity contribution >= 4 is 11.6 Å². The Bertz CT molecular complexity index is 430. The second-order valence-corrected chi connectivity index (χ2v) is 3.98. The Morgan fingerprint density at radius 1 is 1.21 bits per heavy atom. The zero-order chi connectivity index (χ0) is 14.3. The first-order valence-electron chi connectivity index (χ1n) is 6.05. The maximum absolute atomic E-state index is 11.9. The van der Waals surface area contributed by atoms with Crippen LogP contribution >= 0.6 is 0 Å². The molecule has 1 aromatic rings. The Labute approximate surface area is 114 Å². The van der Waals surface area contributed by atoms with E-state index >= 15 is 0 Å². The lowest BCUT2D eigenvalue weighted by atomic mass is 10.3. The van der Waals surface area contributed by atoms with Crippen molar-refractivity contribution in [3.8, 4) is 5.75 Å². The number of nitrogens with zero attached hydrogens (tertiary/aromatic N) is 2. The number of anilines is 1. The van der Waals surface area contributed by atoms with E-state index in [4.69, 9.17) is 4.74 Å². The fraction of sp³-hybridized carbons (Fsp3) is 0.267. The zero-order valence-electron chi connectivity index (χ0n) is 11.5. The second kappa shape index (κ2) is 7.38. The molecule has 0 fully saturated rings. The number of hydrogen-bond acceptors (Lipinski definition) is 3. The standard InChI is InChI=1S/C15H20N2O2/c1-5-11-16(12-6-2)17(13(3)18)14-7-9-15(19-4)10-8-14/h5-10H,1-2,11-12H2,3-4H3. The van der Waals surface area contributed by atoms with Crippen molar-refractivity contribution in [1.82, 2.24) is 5.01 Å². The van der Waals surface area contributed by atoms with Crippen molar-refractivity contribution in [2.24, 2.45) is 0 Å². The van der Waals surface area contributed by atoms with E-state index in [9.17, 15) is 4.79 Å². The average molecular weight is 260 g/mol. The third kappa shape index (κ3) is 3.96. The number of hydrazine groups is 1. The number of amides is 1. The number of benzene rings is 1. The van der Waals surface area contributed by atoms with E-state index in [1.54, 1.807) is 24.3 Å². The average Bonchev–Trinajstić information content (AvgIpc) is 2.40. The predicted molar refractivity (Wildman–Crippen MR) is 78.1 cm³/mol. The highest BCUT2D eigenvalue weighted by Gasteiger charge is 2.18. The van der Waals surface area contributed by atoms with Gasteiger partial charge in [-0.15, -0.1) is 13.2 Å². The van der Waals surface area contributed by atoms with Gasteiger partial charge < -0.3 is 4.74 Å². The molecule has 0 aliphatic carbocycles. The molecule has 102 valence electrons. The number of hydrogen-bond donors (Lipinski definition) is 0. The minimum Gasteiger partial charge on any atom is -0.497 e. The molecule has 1 amide bonds. The lowest BCUT2D eigenvalue weighted by molar-refractivity contribution is -0.119. The fourth-order valence-corrected chi connectivity index (χ4v) is 1.80. The van der Waals surface area contributed by atoms with Crippen molar-refractivity contribution in [3.63, 3.8) is 0 Å². The summed E-state index contributed by atoms with van der Waals surface area (Å²) in [5.74, 6) is 0.695. The summed E-state index contributed by atoms with van der Waals surface area (Å²) in [5, 5.41) is 3.48. The summed E-state index contributed by atoms with van der Waals surface area (Å²) in [6.45, 7) is 10.1. The van der Waals surface area contributed by atoms with Gasteiger partial charge >= 0.3 is 0 Å². The van der Waals surface area contributed by atoms with Crippen LogP contribution in [0.1, 0.15) is 6.92 Å². The Balaban J connectivity index is 3.05. The van der Waals surface area contributed by atoms with Gasteiger partial charge in [-0.2, -0.15) is 0 Å². The van der Waals surface area contributed by atoms with Crippen molar-refractivity contribution in [2.75, 3.05) is 25.2 Å². The van der Waals surface area contributed by atoms with Gasteiger partial charge in [0.25, 0.3) is 0 Å². The van der Waals surface area contributed by atoms with Crippen molar-refractivity contribution in [3.05, 3.63) is 49.6 Å². The Morgan fingerprint density at radius 3 is 2.11 bits per heavy atom. The van der Waals surface area contributed by atoms with Crippen molar-refractivity contribution in [1.29, 1.82) is 0 Å². The van der Waals surface area contributed by atoms with Crippen LogP contribution in [0.3, 0.4) is 0 Å². The highest BCUT2D eigenvalue weighted by atomic mass is 16.5. The number of rotatable bonds is 7. The Hall–Kier alpha value is -2.07. The van der Waals surface area contributed by atoms with Gasteiger partial charge in [0, 0.05) is 20.0 Å². The van der Waals surface area contributed by atoms with Gasteiger partial charge in [0.1, 0.15) is 5.75 Å². The zero-order valence-corrected chi connectivity index (χ0v) is 11.5. The van der Waals surface area contributed by atoms with Gasteiger partial charge in [0.05, 0.1) is 12.8 Å². The van der Waals surface area contributed by atoms with E-state index in [0.717, 1.165) is 11.4 Å². The van der Waals surface area contributed by atoms with Crippen LogP contribution < -0.4 is 9.75 Å². The molecular formula is C15H20N2O2. The summed E-state index contributed by atoms with van der Waals surface area (Å²) >= 11 is 0. The smallest absolute Gasteiger partial charge is 0.238 e. The number of carbonyl (C=O) groups is 1. The summed E-state index contributed by atoms with van der Waals surface area (Å²) in [4.78, 5) is 11.9. The second-order valence-electron chi connectivity index (χ2n) is 3.98. The maximum Gasteiger partial charge on any atom is 0.238 e. The molecule has 0 heterocycles. The van der Waals surface area contributed by atoms with Crippen LogP contribution in [-0.2, 0) is 4.79 Å². The van der Waals surface area contributed by atoms with Crippen LogP contribution in [0.4, 0.5) is 5.69 Å². The first-order valence-corrected chi connectivity index (χ1v) is 6.05. The van der Waals surface area contributed by atoms with Crippen molar-refractivity contribution < 1.29 is 9.53 Å². The maximum atomic E-state index is 11.9. The first-order chi connectivity index (χ1) is 9.13. The van der Waals surface area contributed by atoms with Crippen LogP contribution in [0.5, 0.6) is 5.75 Å². The van der Waals surface area contributed by atoms with Crippen molar-refractivity contribution in [2.45, 2.75) is 6.92 Å². The van der Waals surface area contributed by atoms with E-state index in [1.807, 2.05) is 29.3 Å². The molecule has 0 bridgehead atoms. The molecule has 0 spiro atoms. The summed E-state index contributed by atoms with van der Waals surface area (Å²) in [7, 11) is 1.61. The van der Waals surface area contributed by atoms with Gasteiger partial charge in [0.2, 0.25) is 5.91 Å². The van der Waals surface area contributed by atoms with E-state index in [-0.39, 0.29) is 5.91 Å². The van der Waals surface area contributed by atoms with E-state index in [0.29, 0.717) is 13.1 Å². The van der Waals surface area contributed by atoms with E-state index in [1.165, 1.54) is 6.92 Å². The normalized spacial score (nSPS) is 10.1. The molecule has 0 atom stereocenters.